The molecule has 5 heteroatoms. The maximum absolute atomic E-state index is 13.3. The highest BCUT2D eigenvalue weighted by atomic mass is 19.1. The van der Waals surface area contributed by atoms with E-state index in [1.165, 1.54) is 6.07 Å². The maximum atomic E-state index is 13.3. The van der Waals surface area contributed by atoms with Gasteiger partial charge in [-0.05, 0) is 29.6 Å². The molecule has 4 nitrogen and oxygen atoms in total. The van der Waals surface area contributed by atoms with Gasteiger partial charge in [0.2, 0.25) is 0 Å². The minimum absolute atomic E-state index is 0.0252. The summed E-state index contributed by atoms with van der Waals surface area (Å²) < 4.78 is 13.3. The molecule has 0 fully saturated rings. The lowest BCUT2D eigenvalue weighted by atomic mass is 10.0. The number of carbonyl (C=O) groups excluding carboxylic acids is 1. The van der Waals surface area contributed by atoms with Gasteiger partial charge >= 0.3 is 0 Å². The number of hydrogen-bond acceptors (Lipinski definition) is 2. The highest BCUT2D eigenvalue weighted by Gasteiger charge is 2.07. The van der Waals surface area contributed by atoms with E-state index < -0.39 is 5.82 Å². The number of nitrogens with zero attached hydrogens (tertiary/aromatic N) is 3. The molecule has 0 atom stereocenters. The number of aryl methyl sites for hydroxylation is 1. The number of halogens is 1. The van der Waals surface area contributed by atoms with Crippen LogP contribution in [-0.4, -0.2) is 12.8 Å². The maximum Gasteiger partial charge on any atom is 0.153 e. The third-order valence-electron chi connectivity index (χ3n) is 2.10. The Morgan fingerprint density at radius 3 is 2.88 bits per heavy atom. The summed E-state index contributed by atoms with van der Waals surface area (Å²) >= 11 is 0. The topological polar surface area (TPSA) is 65.8 Å². The Morgan fingerprint density at radius 2 is 2.25 bits per heavy atom. The van der Waals surface area contributed by atoms with Gasteiger partial charge in [-0.2, -0.15) is 0 Å². The summed E-state index contributed by atoms with van der Waals surface area (Å²) in [7, 11) is 0. The molecule has 1 rings (SSSR count). The van der Waals surface area contributed by atoms with E-state index in [9.17, 15) is 9.18 Å². The van der Waals surface area contributed by atoms with Gasteiger partial charge in [-0.15, -0.1) is 0 Å². The van der Waals surface area contributed by atoms with Crippen LogP contribution in [0.1, 0.15) is 21.5 Å². The summed E-state index contributed by atoms with van der Waals surface area (Å²) in [5.74, 6) is -0.552. The van der Waals surface area contributed by atoms with Crippen molar-refractivity contribution in [1.29, 1.82) is 0 Å². The first-order valence-electron chi connectivity index (χ1n) is 4.62. The first-order valence-corrected chi connectivity index (χ1v) is 4.62. The number of aldehydes is 1. The fourth-order valence-corrected chi connectivity index (χ4v) is 1.31. The van der Waals surface area contributed by atoms with Crippen molar-refractivity contribution in [2.75, 3.05) is 6.54 Å². The van der Waals surface area contributed by atoms with Crippen molar-refractivity contribution in [3.05, 3.63) is 51.2 Å². The highest BCUT2D eigenvalue weighted by molar-refractivity contribution is 5.83. The van der Waals surface area contributed by atoms with Crippen LogP contribution in [0.5, 0.6) is 0 Å². The molecule has 0 bridgehead atoms. The second-order valence-electron chi connectivity index (χ2n) is 3.13. The molecule has 82 valence electrons. The van der Waals surface area contributed by atoms with Gasteiger partial charge in [0.15, 0.2) is 6.29 Å². The Labute approximate surface area is 92.0 Å². The summed E-state index contributed by atoms with van der Waals surface area (Å²) in [4.78, 5) is 13.3. The van der Waals surface area contributed by atoms with Crippen molar-refractivity contribution >= 4 is 12.4 Å². The predicted molar refractivity (Wildman–Crippen MR) is 59.6 cm³/mol. The summed E-state index contributed by atoms with van der Waals surface area (Å²) in [5.41, 5.74) is 9.41. The smallest absolute Gasteiger partial charge is 0.153 e. The number of azide groups is 1. The molecule has 0 aliphatic rings. The summed E-state index contributed by atoms with van der Waals surface area (Å²) in [5, 5.41) is 3.31. The van der Waals surface area contributed by atoms with Gasteiger partial charge in [0.05, 0.1) is 5.56 Å². The van der Waals surface area contributed by atoms with Crippen LogP contribution in [0.4, 0.5) is 4.39 Å². The second kappa shape index (κ2) is 5.68. The van der Waals surface area contributed by atoms with Crippen LogP contribution >= 0.6 is 0 Å². The molecule has 0 N–H and O–H groups in total. The first-order chi connectivity index (χ1) is 7.70. The van der Waals surface area contributed by atoms with E-state index >= 15 is 0 Å². The average molecular weight is 219 g/mol. The molecule has 0 spiro atoms. The van der Waals surface area contributed by atoms with Crippen molar-refractivity contribution < 1.29 is 9.18 Å². The molecule has 0 heterocycles. The van der Waals surface area contributed by atoms with E-state index in [1.807, 2.05) is 0 Å². The molecule has 1 aromatic rings. The quantitative estimate of drug-likeness (QED) is 0.331. The van der Waals surface area contributed by atoms with Crippen molar-refractivity contribution in [3.63, 3.8) is 0 Å². The number of carbonyl (C=O) groups is 1. The lowest BCUT2D eigenvalue weighted by Crippen LogP contribution is -1.95. The lowest BCUT2D eigenvalue weighted by molar-refractivity contribution is 0.111. The molecular weight excluding hydrogens is 209 g/mol. The molecule has 0 aliphatic heterocycles. The van der Waals surface area contributed by atoms with Crippen LogP contribution in [0.15, 0.2) is 23.3 Å². The molecule has 0 saturated carbocycles. The fraction of sp³-hybridized carbons (Fsp3) is 0.182. The van der Waals surface area contributed by atoms with E-state index in [4.69, 9.17) is 5.53 Å². The van der Waals surface area contributed by atoms with Crippen molar-refractivity contribution in [2.45, 2.75) is 6.92 Å². The lowest BCUT2D eigenvalue weighted by Gasteiger charge is -2.04. The Hall–Kier alpha value is -2.13. The molecule has 0 aromatic heterocycles. The van der Waals surface area contributed by atoms with Gasteiger partial charge < -0.3 is 0 Å². The van der Waals surface area contributed by atoms with Gasteiger partial charge in [-0.3, -0.25) is 4.79 Å². The summed E-state index contributed by atoms with van der Waals surface area (Å²) in [6, 6.07) is 2.85. The van der Waals surface area contributed by atoms with Crippen molar-refractivity contribution in [1.82, 2.24) is 0 Å². The Morgan fingerprint density at radius 1 is 1.50 bits per heavy atom. The van der Waals surface area contributed by atoms with Gasteiger partial charge in [0, 0.05) is 11.5 Å². The van der Waals surface area contributed by atoms with E-state index in [1.54, 1.807) is 25.1 Å². The van der Waals surface area contributed by atoms with Crippen LogP contribution in [0.25, 0.3) is 16.5 Å². The monoisotopic (exact) mass is 219 g/mol. The summed E-state index contributed by atoms with van der Waals surface area (Å²) in [6.07, 6.45) is 3.64. The standard InChI is InChI=1S/C11H10FN3O/c1-8-4-5-11(12)10(7-16)9(8)3-2-6-14-15-13/h2-5,7H,6H2,1H3. The first kappa shape index (κ1) is 11.9. The number of benzene rings is 1. The number of rotatable bonds is 4. The van der Waals surface area contributed by atoms with Crippen LogP contribution in [0, 0.1) is 12.7 Å². The highest BCUT2D eigenvalue weighted by Crippen LogP contribution is 2.17. The molecule has 0 amide bonds. The minimum Gasteiger partial charge on any atom is -0.298 e. The molecule has 16 heavy (non-hydrogen) atoms. The van der Waals surface area contributed by atoms with Gasteiger partial charge in [-0.25, -0.2) is 4.39 Å². The van der Waals surface area contributed by atoms with Crippen molar-refractivity contribution in [3.8, 4) is 0 Å². The van der Waals surface area contributed by atoms with E-state index in [0.29, 0.717) is 11.8 Å². The zero-order chi connectivity index (χ0) is 12.0. The number of hydrogen-bond donors (Lipinski definition) is 0. The second-order valence-corrected chi connectivity index (χ2v) is 3.13. The molecule has 0 radical (unpaired) electrons. The van der Waals surface area contributed by atoms with Crippen LogP contribution in [0.2, 0.25) is 0 Å². The van der Waals surface area contributed by atoms with Crippen molar-refractivity contribution in [2.24, 2.45) is 5.11 Å². The molecule has 0 aliphatic carbocycles. The molecule has 0 unspecified atom stereocenters. The van der Waals surface area contributed by atoms with Crippen LogP contribution in [0.3, 0.4) is 0 Å². The van der Waals surface area contributed by atoms with Gasteiger partial charge in [0.25, 0.3) is 0 Å². The zero-order valence-corrected chi connectivity index (χ0v) is 8.72. The van der Waals surface area contributed by atoms with Crippen LogP contribution < -0.4 is 0 Å². The average Bonchev–Trinajstić information content (AvgIpc) is 2.29. The fourth-order valence-electron chi connectivity index (χ4n) is 1.31. The SMILES string of the molecule is Cc1ccc(F)c(C=O)c1C=CCN=[N+]=[N-]. The van der Waals surface area contributed by atoms with Gasteiger partial charge in [-0.1, -0.05) is 23.3 Å². The Balaban J connectivity index is 3.10. The van der Waals surface area contributed by atoms with Gasteiger partial charge in [0.1, 0.15) is 5.82 Å². The minimum atomic E-state index is -0.552. The third kappa shape index (κ3) is 2.68. The zero-order valence-electron chi connectivity index (χ0n) is 8.72. The third-order valence-corrected chi connectivity index (χ3v) is 2.10. The largest absolute Gasteiger partial charge is 0.298 e. The molecule has 0 saturated heterocycles. The Bertz CT molecular complexity index is 476. The van der Waals surface area contributed by atoms with E-state index in [2.05, 4.69) is 10.0 Å². The predicted octanol–water partition coefficient (Wildman–Crippen LogP) is 3.27. The van der Waals surface area contributed by atoms with Crippen LogP contribution in [-0.2, 0) is 0 Å². The normalized spacial score (nSPS) is 10.1. The molecule has 1 aromatic carbocycles. The Kier molecular flexibility index (Phi) is 4.24. The summed E-state index contributed by atoms with van der Waals surface area (Å²) in [6.45, 7) is 1.95. The molecular formula is C11H10FN3O. The van der Waals surface area contributed by atoms with E-state index in [0.717, 1.165) is 5.56 Å². The van der Waals surface area contributed by atoms with E-state index in [-0.39, 0.29) is 12.1 Å².